The molecule has 7 nitrogen and oxygen atoms in total. The zero-order valence-corrected chi connectivity index (χ0v) is 15.5. The van der Waals surface area contributed by atoms with Gasteiger partial charge in [0.15, 0.2) is 0 Å². The number of carbonyl (C=O) groups excluding carboxylic acids is 1. The van der Waals surface area contributed by atoms with Gasteiger partial charge in [-0.25, -0.2) is 12.7 Å². The van der Waals surface area contributed by atoms with E-state index in [1.54, 1.807) is 42.0 Å². The maximum absolute atomic E-state index is 12.4. The average molecular weight is 365 g/mol. The monoisotopic (exact) mass is 365 g/mol. The van der Waals surface area contributed by atoms with Gasteiger partial charge in [0.1, 0.15) is 5.69 Å². The number of hydrogen-bond acceptors (Lipinski definition) is 4. The van der Waals surface area contributed by atoms with Crippen LogP contribution in [0, 0.1) is 0 Å². The second-order valence-electron chi connectivity index (χ2n) is 5.69. The molecule has 2 rings (SSSR count). The van der Waals surface area contributed by atoms with Crippen molar-refractivity contribution >= 4 is 26.8 Å². The molecular formula is C17H23N3O4S. The summed E-state index contributed by atoms with van der Waals surface area (Å²) < 4.78 is 32.5. The van der Waals surface area contributed by atoms with Crippen molar-refractivity contribution in [2.45, 2.75) is 11.4 Å². The zero-order chi connectivity index (χ0) is 18.6. The van der Waals surface area contributed by atoms with Crippen molar-refractivity contribution in [1.82, 2.24) is 14.2 Å². The third kappa shape index (κ3) is 3.92. The Bertz CT molecular complexity index is 885. The number of fused-ring (bicyclic) bond motifs is 1. The highest BCUT2D eigenvalue weighted by Gasteiger charge is 2.20. The molecular weight excluding hydrogens is 342 g/mol. The van der Waals surface area contributed by atoms with Crippen LogP contribution < -0.4 is 5.32 Å². The summed E-state index contributed by atoms with van der Waals surface area (Å²) >= 11 is 0. The molecule has 1 heterocycles. The Morgan fingerprint density at radius 2 is 2.08 bits per heavy atom. The van der Waals surface area contributed by atoms with E-state index in [1.165, 1.54) is 14.1 Å². The summed E-state index contributed by atoms with van der Waals surface area (Å²) in [6, 6.07) is 6.52. The Morgan fingerprint density at radius 3 is 2.68 bits per heavy atom. The van der Waals surface area contributed by atoms with Gasteiger partial charge in [-0.1, -0.05) is 6.08 Å². The molecule has 0 fully saturated rings. The highest BCUT2D eigenvalue weighted by atomic mass is 32.2. The fourth-order valence-electron chi connectivity index (χ4n) is 2.49. The van der Waals surface area contributed by atoms with E-state index in [4.69, 9.17) is 4.74 Å². The summed E-state index contributed by atoms with van der Waals surface area (Å²) in [6.45, 7) is 4.97. The molecule has 0 saturated carbocycles. The normalized spacial score (nSPS) is 11.8. The van der Waals surface area contributed by atoms with Crippen LogP contribution in [0.4, 0.5) is 0 Å². The minimum atomic E-state index is -3.54. The molecule has 1 amide bonds. The average Bonchev–Trinajstić information content (AvgIpc) is 2.93. The maximum Gasteiger partial charge on any atom is 0.268 e. The summed E-state index contributed by atoms with van der Waals surface area (Å²) in [4.78, 5) is 12.6. The first-order chi connectivity index (χ1) is 11.8. The Hall–Kier alpha value is -2.16. The standard InChI is InChI=1S/C17H23N3O4S/c1-5-9-20-15-7-6-14(25(22,23)19(2)3)11-13(15)12-16(20)17(21)18-8-10-24-4/h5-7,11-12H,1,8-10H2,2-4H3,(H,18,21). The van der Waals surface area contributed by atoms with Crippen molar-refractivity contribution in [3.05, 3.63) is 42.6 Å². The van der Waals surface area contributed by atoms with Gasteiger partial charge in [-0.15, -0.1) is 6.58 Å². The lowest BCUT2D eigenvalue weighted by molar-refractivity contribution is 0.0929. The number of rotatable bonds is 8. The van der Waals surface area contributed by atoms with Crippen LogP contribution in [-0.2, 0) is 21.3 Å². The molecule has 25 heavy (non-hydrogen) atoms. The van der Waals surface area contributed by atoms with Crippen LogP contribution in [0.2, 0.25) is 0 Å². The van der Waals surface area contributed by atoms with Crippen LogP contribution in [0.25, 0.3) is 10.9 Å². The molecule has 1 aromatic heterocycles. The lowest BCUT2D eigenvalue weighted by Crippen LogP contribution is -2.28. The van der Waals surface area contributed by atoms with Gasteiger partial charge in [0.05, 0.1) is 11.5 Å². The Balaban J connectivity index is 2.50. The lowest BCUT2D eigenvalue weighted by atomic mass is 10.2. The fraction of sp³-hybridized carbons (Fsp3) is 0.353. The van der Waals surface area contributed by atoms with Gasteiger partial charge in [-0.3, -0.25) is 4.79 Å². The number of benzene rings is 1. The second-order valence-corrected chi connectivity index (χ2v) is 7.84. The number of ether oxygens (including phenoxy) is 1. The van der Waals surface area contributed by atoms with Crippen LogP contribution in [0.5, 0.6) is 0 Å². The molecule has 8 heteroatoms. The van der Waals surface area contributed by atoms with E-state index in [-0.39, 0.29) is 10.8 Å². The molecule has 0 atom stereocenters. The summed E-state index contributed by atoms with van der Waals surface area (Å²) in [5.41, 5.74) is 1.22. The molecule has 0 aliphatic rings. The summed E-state index contributed by atoms with van der Waals surface area (Å²) in [5, 5.41) is 3.46. The smallest absolute Gasteiger partial charge is 0.268 e. The molecule has 0 unspecified atom stereocenters. The topological polar surface area (TPSA) is 80.6 Å². The van der Waals surface area contributed by atoms with Gasteiger partial charge in [-0.05, 0) is 24.3 Å². The van der Waals surface area contributed by atoms with E-state index in [9.17, 15) is 13.2 Å². The van der Waals surface area contributed by atoms with Crippen LogP contribution in [-0.4, -0.2) is 57.6 Å². The van der Waals surface area contributed by atoms with Crippen molar-refractivity contribution in [3.63, 3.8) is 0 Å². The predicted octanol–water partition coefficient (Wildman–Crippen LogP) is 1.45. The zero-order valence-electron chi connectivity index (χ0n) is 14.7. The van der Waals surface area contributed by atoms with E-state index < -0.39 is 10.0 Å². The van der Waals surface area contributed by atoms with E-state index >= 15 is 0 Å². The van der Waals surface area contributed by atoms with Crippen molar-refractivity contribution in [3.8, 4) is 0 Å². The molecule has 0 spiro atoms. The number of methoxy groups -OCH3 is 1. The third-order valence-electron chi connectivity index (χ3n) is 3.79. The Kier molecular flexibility index (Phi) is 5.99. The quantitative estimate of drug-likeness (QED) is 0.567. The Morgan fingerprint density at radius 1 is 1.36 bits per heavy atom. The highest BCUT2D eigenvalue weighted by Crippen LogP contribution is 2.25. The molecule has 1 N–H and O–H groups in total. The number of sulfonamides is 1. The van der Waals surface area contributed by atoms with Crippen molar-refractivity contribution in [1.29, 1.82) is 0 Å². The fourth-order valence-corrected chi connectivity index (χ4v) is 3.43. The SMILES string of the molecule is C=CCn1c(C(=O)NCCOC)cc2cc(S(=O)(=O)N(C)C)ccc21. The molecule has 1 aromatic carbocycles. The van der Waals surface area contributed by atoms with Gasteiger partial charge in [0, 0.05) is 45.2 Å². The number of allylic oxidation sites excluding steroid dienone is 1. The highest BCUT2D eigenvalue weighted by molar-refractivity contribution is 7.89. The molecule has 0 bridgehead atoms. The number of hydrogen-bond donors (Lipinski definition) is 1. The molecule has 136 valence electrons. The van der Waals surface area contributed by atoms with Gasteiger partial charge in [-0.2, -0.15) is 0 Å². The van der Waals surface area contributed by atoms with E-state index in [1.807, 2.05) is 0 Å². The summed E-state index contributed by atoms with van der Waals surface area (Å²) in [6.07, 6.45) is 1.69. The van der Waals surface area contributed by atoms with E-state index in [0.29, 0.717) is 30.8 Å². The third-order valence-corrected chi connectivity index (χ3v) is 5.60. The van der Waals surface area contributed by atoms with Crippen LogP contribution in [0.1, 0.15) is 10.5 Å². The number of nitrogens with zero attached hydrogens (tertiary/aromatic N) is 2. The first-order valence-corrected chi connectivity index (χ1v) is 9.20. The van der Waals surface area contributed by atoms with Crippen molar-refractivity contribution in [2.75, 3.05) is 34.4 Å². The molecule has 0 aliphatic heterocycles. The summed E-state index contributed by atoms with van der Waals surface area (Å²) in [7, 11) is 0.994. The molecule has 0 radical (unpaired) electrons. The first-order valence-electron chi connectivity index (χ1n) is 7.76. The summed E-state index contributed by atoms with van der Waals surface area (Å²) in [5.74, 6) is -0.243. The van der Waals surface area contributed by atoms with Gasteiger partial charge < -0.3 is 14.6 Å². The first kappa shape index (κ1) is 19.2. The minimum Gasteiger partial charge on any atom is -0.383 e. The molecule has 0 aliphatic carbocycles. The van der Waals surface area contributed by atoms with E-state index in [2.05, 4.69) is 11.9 Å². The number of amides is 1. The minimum absolute atomic E-state index is 0.187. The van der Waals surface area contributed by atoms with E-state index in [0.717, 1.165) is 9.82 Å². The largest absolute Gasteiger partial charge is 0.383 e. The predicted molar refractivity (Wildman–Crippen MR) is 97.2 cm³/mol. The van der Waals surface area contributed by atoms with Crippen LogP contribution in [0.3, 0.4) is 0 Å². The van der Waals surface area contributed by atoms with Gasteiger partial charge in [0.25, 0.3) is 5.91 Å². The van der Waals surface area contributed by atoms with Crippen molar-refractivity contribution in [2.24, 2.45) is 0 Å². The molecule has 2 aromatic rings. The maximum atomic E-state index is 12.4. The Labute approximate surface area is 147 Å². The van der Waals surface area contributed by atoms with Gasteiger partial charge >= 0.3 is 0 Å². The number of nitrogens with one attached hydrogen (secondary N) is 1. The van der Waals surface area contributed by atoms with Gasteiger partial charge in [0.2, 0.25) is 10.0 Å². The molecule has 0 saturated heterocycles. The number of carbonyl (C=O) groups is 1. The second kappa shape index (κ2) is 7.81. The lowest BCUT2D eigenvalue weighted by Gasteiger charge is -2.12. The number of aromatic nitrogens is 1. The van der Waals surface area contributed by atoms with Crippen LogP contribution in [0.15, 0.2) is 41.8 Å². The van der Waals surface area contributed by atoms with Crippen LogP contribution >= 0.6 is 0 Å². The van der Waals surface area contributed by atoms with Crippen molar-refractivity contribution < 1.29 is 17.9 Å².